The molecule has 0 bridgehead atoms. The molecular weight excluding hydrogens is 336 g/mol. The van der Waals surface area contributed by atoms with Gasteiger partial charge in [0.1, 0.15) is 0 Å². The Hall–Kier alpha value is -2.40. The molecule has 1 aliphatic heterocycles. The molecule has 5 heteroatoms. The maximum Gasteiger partial charge on any atom is 0.255 e. The Bertz CT molecular complexity index is 724. The van der Waals surface area contributed by atoms with Crippen molar-refractivity contribution in [2.45, 2.75) is 19.3 Å². The van der Waals surface area contributed by atoms with Gasteiger partial charge in [0.05, 0.1) is 11.3 Å². The van der Waals surface area contributed by atoms with Crippen LogP contribution in [0.15, 0.2) is 48.8 Å². The number of amides is 1. The molecule has 1 N–H and O–H groups in total. The van der Waals surface area contributed by atoms with Crippen molar-refractivity contribution in [3.63, 3.8) is 0 Å². The van der Waals surface area contributed by atoms with Crippen molar-refractivity contribution in [3.8, 4) is 0 Å². The Morgan fingerprint density at radius 2 is 1.93 bits per heavy atom. The number of piperidine rings is 1. The lowest BCUT2D eigenvalue weighted by molar-refractivity contribution is 0.0690. The van der Waals surface area contributed by atoms with E-state index >= 15 is 0 Å². The Morgan fingerprint density at radius 1 is 1.19 bits per heavy atom. The summed E-state index contributed by atoms with van der Waals surface area (Å²) in [4.78, 5) is 21.2. The average molecular weight is 367 g/mol. The van der Waals surface area contributed by atoms with Crippen LogP contribution < -0.4 is 5.32 Å². The van der Waals surface area contributed by atoms with E-state index in [4.69, 9.17) is 0 Å². The molecule has 1 saturated heterocycles. The molecule has 0 radical (unpaired) electrons. The SMILES string of the molecule is CN(C)CCNc1cncc(C(=O)N2CCC(Cc3ccccc3)CC2)c1. The van der Waals surface area contributed by atoms with Gasteiger partial charge in [-0.15, -0.1) is 0 Å². The number of hydrogen-bond donors (Lipinski definition) is 1. The van der Waals surface area contributed by atoms with Crippen LogP contribution in [0.5, 0.6) is 0 Å². The van der Waals surface area contributed by atoms with E-state index in [-0.39, 0.29) is 5.91 Å². The molecule has 2 aromatic rings. The maximum absolute atomic E-state index is 12.8. The number of pyridine rings is 1. The summed E-state index contributed by atoms with van der Waals surface area (Å²) in [5.74, 6) is 0.755. The fourth-order valence-corrected chi connectivity index (χ4v) is 3.55. The largest absolute Gasteiger partial charge is 0.382 e. The first-order valence-corrected chi connectivity index (χ1v) is 9.78. The highest BCUT2D eigenvalue weighted by Crippen LogP contribution is 2.23. The van der Waals surface area contributed by atoms with Gasteiger partial charge in [-0.3, -0.25) is 9.78 Å². The molecule has 0 unspecified atom stereocenters. The molecular formula is C22H30N4O. The zero-order valence-corrected chi connectivity index (χ0v) is 16.4. The molecule has 27 heavy (non-hydrogen) atoms. The van der Waals surface area contributed by atoms with Crippen molar-refractivity contribution in [1.29, 1.82) is 0 Å². The van der Waals surface area contributed by atoms with Crippen molar-refractivity contribution >= 4 is 11.6 Å². The first kappa shape index (κ1) is 19.4. The highest BCUT2D eigenvalue weighted by atomic mass is 16.2. The van der Waals surface area contributed by atoms with Gasteiger partial charge in [-0.25, -0.2) is 0 Å². The molecule has 1 aromatic heterocycles. The first-order chi connectivity index (χ1) is 13.1. The number of carbonyl (C=O) groups is 1. The number of likely N-dealkylation sites (N-methyl/N-ethyl adjacent to an activating group) is 1. The number of anilines is 1. The summed E-state index contributed by atoms with van der Waals surface area (Å²) >= 11 is 0. The van der Waals surface area contributed by atoms with Crippen LogP contribution in [0.25, 0.3) is 0 Å². The maximum atomic E-state index is 12.8. The minimum atomic E-state index is 0.0944. The van der Waals surface area contributed by atoms with E-state index in [1.54, 1.807) is 12.4 Å². The molecule has 3 rings (SSSR count). The third kappa shape index (κ3) is 5.79. The molecule has 0 spiro atoms. The first-order valence-electron chi connectivity index (χ1n) is 9.78. The average Bonchev–Trinajstić information content (AvgIpc) is 2.69. The van der Waals surface area contributed by atoms with Gasteiger partial charge in [0.2, 0.25) is 0 Å². The van der Waals surface area contributed by atoms with Crippen LogP contribution in [-0.4, -0.2) is 61.0 Å². The summed E-state index contributed by atoms with van der Waals surface area (Å²) in [6, 6.07) is 12.6. The Kier molecular flexibility index (Phi) is 6.82. The van der Waals surface area contributed by atoms with E-state index in [1.807, 2.05) is 25.1 Å². The monoisotopic (exact) mass is 366 g/mol. The number of rotatable bonds is 7. The minimum Gasteiger partial charge on any atom is -0.382 e. The van der Waals surface area contributed by atoms with Gasteiger partial charge in [0, 0.05) is 38.6 Å². The van der Waals surface area contributed by atoms with Crippen LogP contribution in [0, 0.1) is 5.92 Å². The van der Waals surface area contributed by atoms with Crippen LogP contribution >= 0.6 is 0 Å². The zero-order valence-electron chi connectivity index (χ0n) is 16.4. The molecule has 0 atom stereocenters. The van der Waals surface area contributed by atoms with Crippen molar-refractivity contribution in [1.82, 2.24) is 14.8 Å². The van der Waals surface area contributed by atoms with Crippen molar-refractivity contribution in [3.05, 3.63) is 59.9 Å². The number of hydrogen-bond acceptors (Lipinski definition) is 4. The summed E-state index contributed by atoms with van der Waals surface area (Å²) in [5, 5.41) is 3.33. The van der Waals surface area contributed by atoms with E-state index in [1.165, 1.54) is 5.56 Å². The van der Waals surface area contributed by atoms with Crippen molar-refractivity contribution < 1.29 is 4.79 Å². The quantitative estimate of drug-likeness (QED) is 0.818. The molecule has 1 fully saturated rings. The molecule has 1 aliphatic rings. The zero-order chi connectivity index (χ0) is 19.1. The van der Waals surface area contributed by atoms with Gasteiger partial charge in [-0.05, 0) is 50.9 Å². The lowest BCUT2D eigenvalue weighted by Crippen LogP contribution is -2.39. The van der Waals surface area contributed by atoms with Crippen molar-refractivity contribution in [2.24, 2.45) is 5.92 Å². The number of benzene rings is 1. The third-order valence-corrected chi connectivity index (χ3v) is 5.14. The third-order valence-electron chi connectivity index (χ3n) is 5.14. The lowest BCUT2D eigenvalue weighted by Gasteiger charge is -2.32. The molecule has 0 saturated carbocycles. The Labute approximate surface area is 162 Å². The standard InChI is InChI=1S/C22H30N4O/c1-25(2)13-10-24-21-15-20(16-23-17-21)22(27)26-11-8-19(9-12-26)14-18-6-4-3-5-7-18/h3-7,15-17,19,24H,8-14H2,1-2H3. The van der Waals surface area contributed by atoms with Crippen LogP contribution in [0.4, 0.5) is 5.69 Å². The van der Waals surface area contributed by atoms with Crippen LogP contribution in [-0.2, 0) is 6.42 Å². The Balaban J connectivity index is 1.51. The van der Waals surface area contributed by atoms with Gasteiger partial charge >= 0.3 is 0 Å². The van der Waals surface area contributed by atoms with E-state index in [9.17, 15) is 4.79 Å². The summed E-state index contributed by atoms with van der Waals surface area (Å²) in [5.41, 5.74) is 2.97. The second-order valence-electron chi connectivity index (χ2n) is 7.62. The van der Waals surface area contributed by atoms with Gasteiger partial charge in [-0.1, -0.05) is 30.3 Å². The van der Waals surface area contributed by atoms with Gasteiger partial charge < -0.3 is 15.1 Å². The number of nitrogens with one attached hydrogen (secondary N) is 1. The summed E-state index contributed by atoms with van der Waals surface area (Å²) in [6.07, 6.45) is 6.69. The fraction of sp³-hybridized carbons (Fsp3) is 0.455. The number of nitrogens with zero attached hydrogens (tertiary/aromatic N) is 3. The molecule has 1 amide bonds. The smallest absolute Gasteiger partial charge is 0.255 e. The molecule has 144 valence electrons. The number of likely N-dealkylation sites (tertiary alicyclic amines) is 1. The van der Waals surface area contributed by atoms with E-state index in [0.717, 1.165) is 51.1 Å². The van der Waals surface area contributed by atoms with E-state index in [0.29, 0.717) is 11.5 Å². The minimum absolute atomic E-state index is 0.0944. The number of carbonyl (C=O) groups excluding carboxylic acids is 1. The van der Waals surface area contributed by atoms with Crippen LogP contribution in [0.3, 0.4) is 0 Å². The summed E-state index contributed by atoms with van der Waals surface area (Å²) in [7, 11) is 4.09. The lowest BCUT2D eigenvalue weighted by atomic mass is 9.90. The second-order valence-corrected chi connectivity index (χ2v) is 7.62. The van der Waals surface area contributed by atoms with E-state index < -0.39 is 0 Å². The molecule has 0 aliphatic carbocycles. The predicted octanol–water partition coefficient (Wildman–Crippen LogP) is 3.15. The topological polar surface area (TPSA) is 48.5 Å². The molecule has 5 nitrogen and oxygen atoms in total. The van der Waals surface area contributed by atoms with Gasteiger partial charge in [-0.2, -0.15) is 0 Å². The molecule has 1 aromatic carbocycles. The highest BCUT2D eigenvalue weighted by Gasteiger charge is 2.24. The van der Waals surface area contributed by atoms with Gasteiger partial charge in [0.25, 0.3) is 5.91 Å². The van der Waals surface area contributed by atoms with Crippen LogP contribution in [0.2, 0.25) is 0 Å². The summed E-state index contributed by atoms with van der Waals surface area (Å²) < 4.78 is 0. The van der Waals surface area contributed by atoms with Crippen LogP contribution in [0.1, 0.15) is 28.8 Å². The highest BCUT2D eigenvalue weighted by molar-refractivity contribution is 5.94. The summed E-state index contributed by atoms with van der Waals surface area (Å²) in [6.45, 7) is 3.42. The fourth-order valence-electron chi connectivity index (χ4n) is 3.55. The Morgan fingerprint density at radius 3 is 2.63 bits per heavy atom. The predicted molar refractivity (Wildman–Crippen MR) is 110 cm³/mol. The number of aromatic nitrogens is 1. The normalized spacial score (nSPS) is 15.1. The van der Waals surface area contributed by atoms with E-state index in [2.05, 4.69) is 45.5 Å². The molecule has 2 heterocycles. The van der Waals surface area contributed by atoms with Crippen molar-refractivity contribution in [2.75, 3.05) is 45.6 Å². The second kappa shape index (κ2) is 9.51. The van der Waals surface area contributed by atoms with Gasteiger partial charge in [0.15, 0.2) is 0 Å².